The summed E-state index contributed by atoms with van der Waals surface area (Å²) in [4.78, 5) is 23.6. The van der Waals surface area contributed by atoms with E-state index in [2.05, 4.69) is 5.32 Å². The molecule has 1 atom stereocenters. The minimum atomic E-state index is -0.830. The number of esters is 1. The molecule has 1 amide bonds. The predicted octanol–water partition coefficient (Wildman–Crippen LogP) is 1.89. The zero-order valence-electron chi connectivity index (χ0n) is 12.4. The largest absolute Gasteiger partial charge is 0.449 e. The molecule has 0 aliphatic rings. The summed E-state index contributed by atoms with van der Waals surface area (Å²) in [6, 6.07) is 4.93. The third-order valence-corrected chi connectivity index (χ3v) is 2.85. The Morgan fingerprint density at radius 1 is 1.30 bits per heavy atom. The fourth-order valence-corrected chi connectivity index (χ4v) is 1.50. The summed E-state index contributed by atoms with van der Waals surface area (Å²) in [7, 11) is 0. The average molecular weight is 278 g/mol. The Morgan fingerprint density at radius 2 is 1.95 bits per heavy atom. The molecule has 1 unspecified atom stereocenters. The van der Waals surface area contributed by atoms with Crippen LogP contribution < -0.4 is 11.1 Å². The first-order valence-electron chi connectivity index (χ1n) is 6.66. The van der Waals surface area contributed by atoms with Gasteiger partial charge in [0.15, 0.2) is 6.10 Å². The first-order chi connectivity index (χ1) is 9.31. The maximum absolute atomic E-state index is 11.9. The lowest BCUT2D eigenvalue weighted by molar-refractivity contribution is -0.129. The summed E-state index contributed by atoms with van der Waals surface area (Å²) in [5, 5.41) is 2.72. The molecule has 20 heavy (non-hydrogen) atoms. The second-order valence-corrected chi connectivity index (χ2v) is 5.26. The third kappa shape index (κ3) is 4.57. The molecule has 5 nitrogen and oxygen atoms in total. The highest BCUT2D eigenvalue weighted by molar-refractivity contribution is 5.93. The number of nitrogens with one attached hydrogen (secondary N) is 1. The number of benzene rings is 1. The van der Waals surface area contributed by atoms with Crippen molar-refractivity contribution in [2.45, 2.75) is 33.8 Å². The van der Waals surface area contributed by atoms with Crippen LogP contribution in [0.1, 0.15) is 36.7 Å². The zero-order chi connectivity index (χ0) is 15.3. The number of carbonyl (C=O) groups excluding carboxylic acids is 2. The van der Waals surface area contributed by atoms with Gasteiger partial charge in [-0.15, -0.1) is 0 Å². The van der Waals surface area contributed by atoms with Crippen molar-refractivity contribution in [1.82, 2.24) is 5.32 Å². The molecule has 0 heterocycles. The van der Waals surface area contributed by atoms with E-state index >= 15 is 0 Å². The van der Waals surface area contributed by atoms with Crippen LogP contribution >= 0.6 is 0 Å². The van der Waals surface area contributed by atoms with E-state index in [0.717, 1.165) is 5.56 Å². The summed E-state index contributed by atoms with van der Waals surface area (Å²) in [5.74, 6) is -0.505. The number of anilines is 1. The molecule has 0 fully saturated rings. The number of rotatable bonds is 5. The summed E-state index contributed by atoms with van der Waals surface area (Å²) < 4.78 is 5.12. The standard InChI is InChI=1S/C15H22N2O3/c1-9(2)8-17-14(18)11(4)20-15(19)12-6-5-10(3)13(16)7-12/h5-7,9,11H,8,16H2,1-4H3,(H,17,18). The normalized spacial score (nSPS) is 12.1. The Kier molecular flexibility index (Phi) is 5.55. The van der Waals surface area contributed by atoms with Crippen molar-refractivity contribution in [3.05, 3.63) is 29.3 Å². The monoisotopic (exact) mass is 278 g/mol. The van der Waals surface area contributed by atoms with E-state index < -0.39 is 12.1 Å². The number of carbonyl (C=O) groups is 2. The minimum absolute atomic E-state index is 0.299. The van der Waals surface area contributed by atoms with Gasteiger partial charge in [-0.25, -0.2) is 4.79 Å². The van der Waals surface area contributed by atoms with Gasteiger partial charge in [-0.1, -0.05) is 19.9 Å². The summed E-state index contributed by atoms with van der Waals surface area (Å²) in [6.07, 6.45) is -0.830. The fraction of sp³-hybridized carbons (Fsp3) is 0.467. The Morgan fingerprint density at radius 3 is 2.50 bits per heavy atom. The van der Waals surface area contributed by atoms with E-state index in [4.69, 9.17) is 10.5 Å². The number of nitrogens with two attached hydrogens (primary N) is 1. The molecular formula is C15H22N2O3. The lowest BCUT2D eigenvalue weighted by atomic mass is 10.1. The molecule has 0 spiro atoms. The van der Waals surface area contributed by atoms with Gasteiger partial charge >= 0.3 is 5.97 Å². The van der Waals surface area contributed by atoms with Gasteiger partial charge in [0, 0.05) is 12.2 Å². The highest BCUT2D eigenvalue weighted by Crippen LogP contribution is 2.14. The van der Waals surface area contributed by atoms with Crippen molar-refractivity contribution >= 4 is 17.6 Å². The highest BCUT2D eigenvalue weighted by Gasteiger charge is 2.19. The molecule has 0 aliphatic carbocycles. The average Bonchev–Trinajstić information content (AvgIpc) is 2.38. The van der Waals surface area contributed by atoms with Crippen LogP contribution in [0.3, 0.4) is 0 Å². The molecule has 0 aromatic heterocycles. The highest BCUT2D eigenvalue weighted by atomic mass is 16.5. The van der Waals surface area contributed by atoms with Crippen molar-refractivity contribution in [2.75, 3.05) is 12.3 Å². The Hall–Kier alpha value is -2.04. The van der Waals surface area contributed by atoms with E-state index in [1.165, 1.54) is 0 Å². The molecule has 1 rings (SSSR count). The van der Waals surface area contributed by atoms with Gasteiger partial charge in [0.25, 0.3) is 5.91 Å². The third-order valence-electron chi connectivity index (χ3n) is 2.85. The van der Waals surface area contributed by atoms with Crippen LogP contribution in [0.5, 0.6) is 0 Å². The lowest BCUT2D eigenvalue weighted by Gasteiger charge is -2.15. The van der Waals surface area contributed by atoms with Crippen molar-refractivity contribution in [1.29, 1.82) is 0 Å². The zero-order valence-corrected chi connectivity index (χ0v) is 12.4. The molecule has 0 bridgehead atoms. The number of aryl methyl sites for hydroxylation is 1. The molecule has 0 saturated carbocycles. The van der Waals surface area contributed by atoms with Crippen LogP contribution in [0.2, 0.25) is 0 Å². The van der Waals surface area contributed by atoms with Gasteiger partial charge in [-0.2, -0.15) is 0 Å². The first kappa shape index (κ1) is 16.0. The number of nitrogen functional groups attached to an aromatic ring is 1. The van der Waals surface area contributed by atoms with E-state index in [1.807, 2.05) is 20.8 Å². The Balaban J connectivity index is 2.60. The van der Waals surface area contributed by atoms with E-state index in [-0.39, 0.29) is 5.91 Å². The maximum Gasteiger partial charge on any atom is 0.338 e. The van der Waals surface area contributed by atoms with E-state index in [0.29, 0.717) is 23.7 Å². The summed E-state index contributed by atoms with van der Waals surface area (Å²) in [5.41, 5.74) is 7.50. The smallest absolute Gasteiger partial charge is 0.338 e. The number of amides is 1. The topological polar surface area (TPSA) is 81.4 Å². The van der Waals surface area contributed by atoms with Crippen molar-refractivity contribution in [3.8, 4) is 0 Å². The molecule has 0 saturated heterocycles. The van der Waals surface area contributed by atoms with Gasteiger partial charge in [-0.3, -0.25) is 4.79 Å². The van der Waals surface area contributed by atoms with Crippen LogP contribution in [-0.4, -0.2) is 24.5 Å². The van der Waals surface area contributed by atoms with Crippen LogP contribution in [0, 0.1) is 12.8 Å². The number of hydrogen-bond acceptors (Lipinski definition) is 4. The second kappa shape index (κ2) is 6.93. The Bertz CT molecular complexity index is 498. The van der Waals surface area contributed by atoms with Crippen LogP contribution in [0.25, 0.3) is 0 Å². The second-order valence-electron chi connectivity index (χ2n) is 5.26. The van der Waals surface area contributed by atoms with Gasteiger partial charge < -0.3 is 15.8 Å². The molecule has 5 heteroatoms. The lowest BCUT2D eigenvalue weighted by Crippen LogP contribution is -2.37. The van der Waals surface area contributed by atoms with Crippen molar-refractivity contribution in [2.24, 2.45) is 5.92 Å². The summed E-state index contributed by atoms with van der Waals surface area (Å²) >= 11 is 0. The van der Waals surface area contributed by atoms with Gasteiger partial charge in [0.05, 0.1) is 5.56 Å². The fourth-order valence-electron chi connectivity index (χ4n) is 1.50. The predicted molar refractivity (Wildman–Crippen MR) is 78.3 cm³/mol. The maximum atomic E-state index is 11.9. The SMILES string of the molecule is Cc1ccc(C(=O)OC(C)C(=O)NCC(C)C)cc1N. The minimum Gasteiger partial charge on any atom is -0.449 e. The van der Waals surface area contributed by atoms with Crippen molar-refractivity contribution < 1.29 is 14.3 Å². The van der Waals surface area contributed by atoms with E-state index in [9.17, 15) is 9.59 Å². The molecule has 1 aromatic carbocycles. The summed E-state index contributed by atoms with van der Waals surface area (Å²) in [6.45, 7) is 7.94. The van der Waals surface area contributed by atoms with E-state index in [1.54, 1.807) is 25.1 Å². The molecular weight excluding hydrogens is 256 g/mol. The molecule has 110 valence electrons. The quantitative estimate of drug-likeness (QED) is 0.636. The number of ether oxygens (including phenoxy) is 1. The van der Waals surface area contributed by atoms with Crippen LogP contribution in [0.4, 0.5) is 5.69 Å². The van der Waals surface area contributed by atoms with Gasteiger partial charge in [0.1, 0.15) is 0 Å². The molecule has 0 radical (unpaired) electrons. The van der Waals surface area contributed by atoms with Gasteiger partial charge in [0.2, 0.25) is 0 Å². The molecule has 0 aliphatic heterocycles. The number of hydrogen-bond donors (Lipinski definition) is 2. The first-order valence-corrected chi connectivity index (χ1v) is 6.66. The van der Waals surface area contributed by atoms with Crippen molar-refractivity contribution in [3.63, 3.8) is 0 Å². The Labute approximate surface area is 119 Å². The van der Waals surface area contributed by atoms with Crippen LogP contribution in [-0.2, 0) is 9.53 Å². The molecule has 3 N–H and O–H groups in total. The molecule has 1 aromatic rings. The van der Waals surface area contributed by atoms with Gasteiger partial charge in [-0.05, 0) is 37.5 Å². The van der Waals surface area contributed by atoms with Crippen LogP contribution in [0.15, 0.2) is 18.2 Å².